The van der Waals surface area contributed by atoms with Gasteiger partial charge in [-0.2, -0.15) is 0 Å². The third kappa shape index (κ3) is 2.08. The van der Waals surface area contributed by atoms with Crippen LogP contribution < -0.4 is 0 Å². The van der Waals surface area contributed by atoms with Crippen LogP contribution in [0.2, 0.25) is 0 Å². The Kier molecular flexibility index (Phi) is 3.43. The predicted molar refractivity (Wildman–Crippen MR) is 108 cm³/mol. The molecular formula is C24H23NO. The first-order valence-electron chi connectivity index (χ1n) is 9.55. The number of aromatic nitrogens is 1. The molecule has 0 unspecified atom stereocenters. The fraction of sp³-hybridized carbons (Fsp3) is 0.292. The first-order valence-corrected chi connectivity index (χ1v) is 9.55. The van der Waals surface area contributed by atoms with Crippen LogP contribution in [-0.4, -0.2) is 4.98 Å². The summed E-state index contributed by atoms with van der Waals surface area (Å²) in [6.07, 6.45) is 6.88. The molecule has 5 rings (SSSR count). The van der Waals surface area contributed by atoms with E-state index in [9.17, 15) is 0 Å². The van der Waals surface area contributed by atoms with Gasteiger partial charge < -0.3 is 4.42 Å². The van der Waals surface area contributed by atoms with Crippen molar-refractivity contribution in [3.8, 4) is 11.3 Å². The van der Waals surface area contributed by atoms with E-state index in [0.717, 1.165) is 22.4 Å². The van der Waals surface area contributed by atoms with Crippen LogP contribution in [0.25, 0.3) is 33.2 Å². The van der Waals surface area contributed by atoms with E-state index in [4.69, 9.17) is 9.40 Å². The fourth-order valence-corrected chi connectivity index (χ4v) is 4.71. The maximum absolute atomic E-state index is 6.51. The summed E-state index contributed by atoms with van der Waals surface area (Å²) in [4.78, 5) is 4.70. The smallest absolute Gasteiger partial charge is 0.161 e. The van der Waals surface area contributed by atoms with Gasteiger partial charge in [-0.3, -0.25) is 4.98 Å². The van der Waals surface area contributed by atoms with Crippen LogP contribution in [0.15, 0.2) is 40.9 Å². The molecule has 2 aromatic carbocycles. The number of hydrogen-bond donors (Lipinski definition) is 0. The van der Waals surface area contributed by atoms with E-state index >= 15 is 0 Å². The molecule has 0 bridgehead atoms. The Morgan fingerprint density at radius 1 is 0.846 bits per heavy atom. The average molecular weight is 341 g/mol. The van der Waals surface area contributed by atoms with Gasteiger partial charge in [-0.1, -0.05) is 24.3 Å². The highest BCUT2D eigenvalue weighted by Gasteiger charge is 2.23. The Morgan fingerprint density at radius 2 is 1.58 bits per heavy atom. The first-order chi connectivity index (χ1) is 12.7. The number of aryl methyl sites for hydroxylation is 3. The number of furan rings is 1. The number of rotatable bonds is 1. The van der Waals surface area contributed by atoms with Gasteiger partial charge in [-0.05, 0) is 80.3 Å². The van der Waals surface area contributed by atoms with Gasteiger partial charge in [0.15, 0.2) is 5.58 Å². The minimum absolute atomic E-state index is 0.922. The third-order valence-electron chi connectivity index (χ3n) is 6.09. The third-order valence-corrected chi connectivity index (χ3v) is 6.09. The highest BCUT2D eigenvalue weighted by molar-refractivity contribution is 6.11. The highest BCUT2D eigenvalue weighted by atomic mass is 16.3. The molecule has 130 valence electrons. The van der Waals surface area contributed by atoms with Crippen molar-refractivity contribution >= 4 is 21.9 Å². The number of fused-ring (bicyclic) bond motifs is 4. The minimum Gasteiger partial charge on any atom is -0.453 e. The Hall–Kier alpha value is -2.61. The summed E-state index contributed by atoms with van der Waals surface area (Å²) in [6.45, 7) is 6.64. The standard InChI is InChI=1S/C24H23NO/c1-14-8-4-5-9-17(14)22-24-20(12-13-25-22)21-15(2)18-10-6-7-11-19(18)16(3)23(21)26-24/h4-5,8-9,12-13H,6-7,10-11H2,1-3H3. The number of nitrogens with zero attached hydrogens (tertiary/aromatic N) is 1. The molecule has 0 saturated heterocycles. The second-order valence-electron chi connectivity index (χ2n) is 7.57. The molecule has 0 N–H and O–H groups in total. The summed E-state index contributed by atoms with van der Waals surface area (Å²) in [5, 5.41) is 2.48. The van der Waals surface area contributed by atoms with Crippen molar-refractivity contribution in [2.45, 2.75) is 46.5 Å². The molecule has 2 nitrogen and oxygen atoms in total. The molecule has 0 amide bonds. The van der Waals surface area contributed by atoms with Crippen molar-refractivity contribution in [2.24, 2.45) is 0 Å². The lowest BCUT2D eigenvalue weighted by molar-refractivity contribution is 0.652. The average Bonchev–Trinajstić information content (AvgIpc) is 3.07. The number of benzene rings is 2. The molecule has 0 radical (unpaired) electrons. The Labute approximate surface area is 153 Å². The molecule has 0 aliphatic heterocycles. The summed E-state index contributed by atoms with van der Waals surface area (Å²) in [6, 6.07) is 10.5. The summed E-state index contributed by atoms with van der Waals surface area (Å²) < 4.78 is 6.51. The van der Waals surface area contributed by atoms with Crippen molar-refractivity contribution in [2.75, 3.05) is 0 Å². The van der Waals surface area contributed by atoms with Crippen LogP contribution >= 0.6 is 0 Å². The maximum Gasteiger partial charge on any atom is 0.161 e. The Morgan fingerprint density at radius 3 is 2.35 bits per heavy atom. The van der Waals surface area contributed by atoms with Gasteiger partial charge in [-0.25, -0.2) is 0 Å². The molecular weight excluding hydrogens is 318 g/mol. The summed E-state index contributed by atoms with van der Waals surface area (Å²) in [7, 11) is 0. The number of pyridine rings is 1. The monoisotopic (exact) mass is 341 g/mol. The largest absolute Gasteiger partial charge is 0.453 e. The molecule has 1 aliphatic rings. The molecule has 2 heteroatoms. The lowest BCUT2D eigenvalue weighted by Gasteiger charge is -2.21. The van der Waals surface area contributed by atoms with Crippen LogP contribution in [0.4, 0.5) is 0 Å². The molecule has 0 saturated carbocycles. The van der Waals surface area contributed by atoms with Crippen LogP contribution in [0.5, 0.6) is 0 Å². The molecule has 0 fully saturated rings. The maximum atomic E-state index is 6.51. The molecule has 2 heterocycles. The molecule has 1 aliphatic carbocycles. The van der Waals surface area contributed by atoms with E-state index in [1.807, 2.05) is 6.20 Å². The van der Waals surface area contributed by atoms with Crippen molar-refractivity contribution in [3.63, 3.8) is 0 Å². The first kappa shape index (κ1) is 15.6. The van der Waals surface area contributed by atoms with Crippen LogP contribution in [0.3, 0.4) is 0 Å². The van der Waals surface area contributed by atoms with E-state index in [1.165, 1.54) is 58.7 Å². The van der Waals surface area contributed by atoms with Crippen LogP contribution in [-0.2, 0) is 12.8 Å². The van der Waals surface area contributed by atoms with Gasteiger partial charge in [0.25, 0.3) is 0 Å². The predicted octanol–water partition coefficient (Wildman–Crippen LogP) is 6.45. The van der Waals surface area contributed by atoms with Gasteiger partial charge in [-0.15, -0.1) is 0 Å². The molecule has 0 atom stereocenters. The zero-order valence-corrected chi connectivity index (χ0v) is 15.6. The van der Waals surface area contributed by atoms with E-state index < -0.39 is 0 Å². The van der Waals surface area contributed by atoms with Crippen molar-refractivity contribution in [3.05, 3.63) is 64.3 Å². The number of hydrogen-bond acceptors (Lipinski definition) is 2. The second kappa shape index (κ2) is 5.70. The van der Waals surface area contributed by atoms with E-state index in [1.54, 1.807) is 5.56 Å². The Balaban J connectivity index is 1.92. The Bertz CT molecular complexity index is 1170. The molecule has 0 spiro atoms. The zero-order valence-electron chi connectivity index (χ0n) is 15.6. The van der Waals surface area contributed by atoms with Crippen molar-refractivity contribution in [1.29, 1.82) is 0 Å². The van der Waals surface area contributed by atoms with E-state index in [-0.39, 0.29) is 0 Å². The van der Waals surface area contributed by atoms with E-state index in [0.29, 0.717) is 0 Å². The molecule has 26 heavy (non-hydrogen) atoms. The zero-order chi connectivity index (χ0) is 17.8. The quantitative estimate of drug-likeness (QED) is 0.397. The second-order valence-corrected chi connectivity index (χ2v) is 7.57. The topological polar surface area (TPSA) is 26.0 Å². The van der Waals surface area contributed by atoms with Gasteiger partial charge in [0.2, 0.25) is 0 Å². The lowest BCUT2D eigenvalue weighted by atomic mass is 9.84. The van der Waals surface area contributed by atoms with Gasteiger partial charge in [0.1, 0.15) is 11.3 Å². The molecule has 2 aromatic heterocycles. The summed E-state index contributed by atoms with van der Waals surface area (Å²) >= 11 is 0. The van der Waals surface area contributed by atoms with Crippen LogP contribution in [0, 0.1) is 20.8 Å². The van der Waals surface area contributed by atoms with Gasteiger partial charge >= 0.3 is 0 Å². The molecule has 4 aromatic rings. The van der Waals surface area contributed by atoms with E-state index in [2.05, 4.69) is 51.1 Å². The highest BCUT2D eigenvalue weighted by Crippen LogP contribution is 2.42. The fourth-order valence-electron chi connectivity index (χ4n) is 4.71. The van der Waals surface area contributed by atoms with Crippen LogP contribution in [0.1, 0.15) is 40.7 Å². The van der Waals surface area contributed by atoms with Crippen molar-refractivity contribution < 1.29 is 4.42 Å². The minimum atomic E-state index is 0.922. The SMILES string of the molecule is Cc1ccccc1-c1nccc2c1oc1c(C)c3c(c(C)c12)CCCC3. The lowest BCUT2D eigenvalue weighted by Crippen LogP contribution is -2.07. The van der Waals surface area contributed by atoms with Gasteiger partial charge in [0.05, 0.1) is 0 Å². The summed E-state index contributed by atoms with van der Waals surface area (Å²) in [5.41, 5.74) is 11.1. The van der Waals surface area contributed by atoms with Crippen molar-refractivity contribution in [1.82, 2.24) is 4.98 Å². The normalized spacial score (nSPS) is 14.1. The summed E-state index contributed by atoms with van der Waals surface area (Å²) in [5.74, 6) is 0. The van der Waals surface area contributed by atoms with Gasteiger partial charge in [0, 0.05) is 22.5 Å².